The molecule has 1 aliphatic heterocycles. The van der Waals surface area contributed by atoms with Gasteiger partial charge in [-0.2, -0.15) is 0 Å². The molecule has 0 saturated carbocycles. The van der Waals surface area contributed by atoms with E-state index in [1.54, 1.807) is 30.3 Å². The molecule has 1 fully saturated rings. The molecule has 4 rings (SSSR count). The Kier molecular flexibility index (Phi) is 7.97. The van der Waals surface area contributed by atoms with E-state index in [4.69, 9.17) is 21.1 Å². The van der Waals surface area contributed by atoms with Crippen LogP contribution in [0.1, 0.15) is 16.7 Å². The Labute approximate surface area is 224 Å². The number of nitrogens with zero attached hydrogens (tertiary/aromatic N) is 2. The maximum absolute atomic E-state index is 12.9. The second kappa shape index (κ2) is 11.2. The summed E-state index contributed by atoms with van der Waals surface area (Å²) < 4.78 is 12.1. The second-order valence-electron chi connectivity index (χ2n) is 7.64. The summed E-state index contributed by atoms with van der Waals surface area (Å²) in [5, 5.41) is 10.9. The number of nitro groups is 1. The quantitative estimate of drug-likeness (QED) is 0.161. The summed E-state index contributed by atoms with van der Waals surface area (Å²) in [4.78, 5) is 37.4. The van der Waals surface area contributed by atoms with Gasteiger partial charge in [0, 0.05) is 16.6 Å². The number of imide groups is 1. The smallest absolute Gasteiger partial charge is 0.293 e. The molecule has 0 spiro atoms. The van der Waals surface area contributed by atoms with Crippen LogP contribution in [-0.2, 0) is 17.9 Å². The third-order valence-corrected chi connectivity index (χ3v) is 6.90. The Morgan fingerprint density at radius 3 is 2.56 bits per heavy atom. The van der Waals surface area contributed by atoms with E-state index >= 15 is 0 Å². The van der Waals surface area contributed by atoms with Crippen molar-refractivity contribution < 1.29 is 24.0 Å². The fourth-order valence-corrected chi connectivity index (χ4v) is 4.81. The highest BCUT2D eigenvalue weighted by molar-refractivity contribution is 9.10. The van der Waals surface area contributed by atoms with Gasteiger partial charge in [0.15, 0.2) is 11.5 Å². The Morgan fingerprint density at radius 1 is 1.11 bits per heavy atom. The molecular formula is C25H18BrClN2O6S. The lowest BCUT2D eigenvalue weighted by Crippen LogP contribution is -2.27. The van der Waals surface area contributed by atoms with Crippen LogP contribution >= 0.6 is 39.3 Å². The maximum Gasteiger partial charge on any atom is 0.293 e. The first-order valence-electron chi connectivity index (χ1n) is 10.5. The number of halogens is 2. The summed E-state index contributed by atoms with van der Waals surface area (Å²) in [6.07, 6.45) is 1.57. The summed E-state index contributed by atoms with van der Waals surface area (Å²) in [5.41, 5.74) is 1.93. The van der Waals surface area contributed by atoms with Crippen molar-refractivity contribution in [2.45, 2.75) is 13.2 Å². The Morgan fingerprint density at radius 2 is 1.86 bits per heavy atom. The number of amides is 2. The molecule has 0 aromatic heterocycles. The van der Waals surface area contributed by atoms with Crippen molar-refractivity contribution in [3.63, 3.8) is 0 Å². The van der Waals surface area contributed by atoms with E-state index in [1.165, 1.54) is 24.1 Å². The topological polar surface area (TPSA) is 99.0 Å². The molecule has 0 aliphatic carbocycles. The van der Waals surface area contributed by atoms with Crippen molar-refractivity contribution in [3.05, 3.63) is 102 Å². The second-order valence-corrected chi connectivity index (χ2v) is 9.96. The van der Waals surface area contributed by atoms with Crippen LogP contribution in [0.2, 0.25) is 5.02 Å². The van der Waals surface area contributed by atoms with Gasteiger partial charge in [-0.05, 0) is 58.8 Å². The van der Waals surface area contributed by atoms with Gasteiger partial charge in [0.05, 0.1) is 28.5 Å². The van der Waals surface area contributed by atoms with Crippen molar-refractivity contribution in [2.24, 2.45) is 0 Å². The number of benzene rings is 3. The zero-order valence-electron chi connectivity index (χ0n) is 18.8. The number of non-ortho nitro benzene ring substituents is 1. The lowest BCUT2D eigenvalue weighted by atomic mass is 10.1. The standard InChI is InChI=1S/C25H18BrClN2O6S/c1-34-21-11-17(10-20(27)23(21)35-14-16-3-2-4-19(9-16)29(32)33)12-22-24(30)28(25(31)36-22)13-15-5-7-18(26)8-6-15/h2-12H,13-14H2,1H3/b22-12-. The maximum atomic E-state index is 12.9. The van der Waals surface area contributed by atoms with E-state index in [1.807, 2.05) is 24.3 Å². The molecule has 184 valence electrons. The van der Waals surface area contributed by atoms with Gasteiger partial charge in [0.2, 0.25) is 0 Å². The van der Waals surface area contributed by atoms with E-state index in [9.17, 15) is 19.7 Å². The fourth-order valence-electron chi connectivity index (χ4n) is 3.44. The minimum absolute atomic E-state index is 0.0338. The molecular weight excluding hydrogens is 572 g/mol. The Balaban J connectivity index is 1.52. The predicted molar refractivity (Wildman–Crippen MR) is 141 cm³/mol. The van der Waals surface area contributed by atoms with Crippen molar-refractivity contribution in [2.75, 3.05) is 7.11 Å². The summed E-state index contributed by atoms with van der Waals surface area (Å²) in [5.74, 6) is 0.174. The molecule has 8 nitrogen and oxygen atoms in total. The molecule has 3 aromatic rings. The first-order valence-corrected chi connectivity index (χ1v) is 12.5. The first kappa shape index (κ1) is 25.7. The zero-order chi connectivity index (χ0) is 25.8. The highest BCUT2D eigenvalue weighted by Crippen LogP contribution is 2.39. The average molecular weight is 590 g/mol. The summed E-state index contributed by atoms with van der Waals surface area (Å²) >= 11 is 10.7. The number of rotatable bonds is 8. The van der Waals surface area contributed by atoms with Crippen LogP contribution in [-0.4, -0.2) is 28.1 Å². The van der Waals surface area contributed by atoms with Crippen LogP contribution in [0.25, 0.3) is 6.08 Å². The van der Waals surface area contributed by atoms with Gasteiger partial charge in [-0.25, -0.2) is 0 Å². The van der Waals surface area contributed by atoms with Gasteiger partial charge in [0.1, 0.15) is 6.61 Å². The van der Waals surface area contributed by atoms with Crippen LogP contribution in [0.3, 0.4) is 0 Å². The number of ether oxygens (including phenoxy) is 2. The normalized spacial score (nSPS) is 14.4. The van der Waals surface area contributed by atoms with Crippen LogP contribution < -0.4 is 9.47 Å². The minimum Gasteiger partial charge on any atom is -0.493 e. The van der Waals surface area contributed by atoms with Crippen molar-refractivity contribution in [1.29, 1.82) is 0 Å². The minimum atomic E-state index is -0.480. The van der Waals surface area contributed by atoms with Gasteiger partial charge in [0.25, 0.3) is 16.8 Å². The third kappa shape index (κ3) is 5.89. The monoisotopic (exact) mass is 588 g/mol. The molecule has 0 bridgehead atoms. The predicted octanol–water partition coefficient (Wildman–Crippen LogP) is 6.83. The van der Waals surface area contributed by atoms with E-state index in [-0.39, 0.29) is 39.8 Å². The van der Waals surface area contributed by atoms with Crippen LogP contribution in [0, 0.1) is 10.1 Å². The first-order chi connectivity index (χ1) is 17.2. The van der Waals surface area contributed by atoms with E-state index in [0.717, 1.165) is 21.8 Å². The Hall–Kier alpha value is -3.34. The number of carbonyl (C=O) groups excluding carboxylic acids is 2. The molecule has 11 heteroatoms. The molecule has 36 heavy (non-hydrogen) atoms. The highest BCUT2D eigenvalue weighted by atomic mass is 79.9. The van der Waals surface area contributed by atoms with Crippen molar-refractivity contribution in [3.8, 4) is 11.5 Å². The molecule has 2 amide bonds. The number of nitro benzene ring substituents is 1. The molecule has 1 saturated heterocycles. The van der Waals surface area contributed by atoms with Crippen LogP contribution in [0.15, 0.2) is 70.0 Å². The number of thioether (sulfide) groups is 1. The Bertz CT molecular complexity index is 1380. The molecule has 0 radical (unpaired) electrons. The molecule has 3 aromatic carbocycles. The number of hydrogen-bond acceptors (Lipinski definition) is 7. The SMILES string of the molecule is COc1cc(/C=C2\SC(=O)N(Cc3ccc(Br)cc3)C2=O)cc(Cl)c1OCc1cccc([N+](=O)[O-])c1. The fraction of sp³-hybridized carbons (Fsp3) is 0.120. The van der Waals surface area contributed by atoms with E-state index in [0.29, 0.717) is 16.9 Å². The zero-order valence-corrected chi connectivity index (χ0v) is 21.9. The summed E-state index contributed by atoms with van der Waals surface area (Å²) in [6.45, 7) is 0.204. The van der Waals surface area contributed by atoms with Crippen LogP contribution in [0.5, 0.6) is 11.5 Å². The van der Waals surface area contributed by atoms with E-state index in [2.05, 4.69) is 15.9 Å². The lowest BCUT2D eigenvalue weighted by Gasteiger charge is -2.14. The van der Waals surface area contributed by atoms with Gasteiger partial charge in [-0.1, -0.05) is 51.8 Å². The van der Waals surface area contributed by atoms with Crippen LogP contribution in [0.4, 0.5) is 10.5 Å². The van der Waals surface area contributed by atoms with E-state index < -0.39 is 10.8 Å². The molecule has 1 aliphatic rings. The van der Waals surface area contributed by atoms with Gasteiger partial charge in [-0.3, -0.25) is 24.6 Å². The average Bonchev–Trinajstić information content (AvgIpc) is 3.11. The molecule has 0 N–H and O–H groups in total. The van der Waals surface area contributed by atoms with Gasteiger partial charge in [-0.15, -0.1) is 0 Å². The van der Waals surface area contributed by atoms with Gasteiger partial charge < -0.3 is 9.47 Å². The third-order valence-electron chi connectivity index (χ3n) is 5.18. The largest absolute Gasteiger partial charge is 0.493 e. The van der Waals surface area contributed by atoms with Gasteiger partial charge >= 0.3 is 0 Å². The lowest BCUT2D eigenvalue weighted by molar-refractivity contribution is -0.384. The summed E-state index contributed by atoms with van der Waals surface area (Å²) in [6, 6.07) is 16.7. The number of carbonyl (C=O) groups is 2. The highest BCUT2D eigenvalue weighted by Gasteiger charge is 2.35. The molecule has 0 unspecified atom stereocenters. The number of hydrogen-bond donors (Lipinski definition) is 0. The van der Waals surface area contributed by atoms with Crippen molar-refractivity contribution in [1.82, 2.24) is 4.90 Å². The number of methoxy groups -OCH3 is 1. The van der Waals surface area contributed by atoms with Crippen molar-refractivity contribution >= 4 is 62.2 Å². The molecule has 1 heterocycles. The molecule has 0 atom stereocenters. The summed E-state index contributed by atoms with van der Waals surface area (Å²) in [7, 11) is 1.45.